The third-order valence-electron chi connectivity index (χ3n) is 3.95. The van der Waals surface area contributed by atoms with Crippen LogP contribution in [-0.4, -0.2) is 55.6 Å². The van der Waals surface area contributed by atoms with Gasteiger partial charge in [-0.05, 0) is 31.5 Å². The Bertz CT molecular complexity index is 742. The summed E-state index contributed by atoms with van der Waals surface area (Å²) in [5.41, 5.74) is 6.15. The lowest BCUT2D eigenvalue weighted by Crippen LogP contribution is -2.74. The number of carboxylic acid groups (broad SMARTS) is 1. The topological polar surface area (TPSA) is 150 Å². The van der Waals surface area contributed by atoms with Crippen LogP contribution in [0.4, 0.5) is 0 Å². The van der Waals surface area contributed by atoms with Crippen LogP contribution < -0.4 is 11.1 Å². The normalized spacial score (nSPS) is 17.5. The van der Waals surface area contributed by atoms with Crippen LogP contribution in [0.3, 0.4) is 0 Å². The number of hydrogen-bond acceptors (Lipinski definition) is 7. The molecule has 26 heavy (non-hydrogen) atoms. The van der Waals surface area contributed by atoms with E-state index in [0.29, 0.717) is 10.5 Å². The van der Waals surface area contributed by atoms with E-state index in [1.165, 1.54) is 38.1 Å². The van der Waals surface area contributed by atoms with E-state index in [1.54, 1.807) is 0 Å². The van der Waals surface area contributed by atoms with Gasteiger partial charge in [-0.1, -0.05) is 12.1 Å². The van der Waals surface area contributed by atoms with Crippen molar-refractivity contribution in [3.8, 4) is 5.75 Å². The van der Waals surface area contributed by atoms with E-state index in [-0.39, 0.29) is 5.75 Å². The molecule has 1 aromatic carbocycles. The number of β-lactam (4-membered cyclic amide) rings is 2. The van der Waals surface area contributed by atoms with Gasteiger partial charge in [-0.25, -0.2) is 4.79 Å². The van der Waals surface area contributed by atoms with Gasteiger partial charge >= 0.3 is 5.97 Å². The molecule has 0 spiro atoms. The van der Waals surface area contributed by atoms with E-state index in [9.17, 15) is 29.4 Å². The number of thiol groups is 1. The summed E-state index contributed by atoms with van der Waals surface area (Å²) in [7, 11) is 0. The third kappa shape index (κ3) is 3.65. The number of phenols is 1. The number of benzene rings is 1. The van der Waals surface area contributed by atoms with E-state index in [0.717, 1.165) is 0 Å². The number of aromatic hydroxyl groups is 1. The second kappa shape index (κ2) is 6.96. The van der Waals surface area contributed by atoms with Crippen molar-refractivity contribution in [2.75, 3.05) is 0 Å². The van der Waals surface area contributed by atoms with Crippen molar-refractivity contribution >= 4 is 36.3 Å². The maximum Gasteiger partial charge on any atom is 0.328 e. The third-order valence-corrected chi connectivity index (χ3v) is 4.20. The number of imide groups is 1. The monoisotopic (exact) mass is 381 g/mol. The Balaban J connectivity index is 2.09. The van der Waals surface area contributed by atoms with Gasteiger partial charge in [0, 0.05) is 4.75 Å². The number of aliphatic carboxylic acids is 1. The summed E-state index contributed by atoms with van der Waals surface area (Å²) in [5, 5.41) is 20.7. The molecule has 3 amide bonds. The van der Waals surface area contributed by atoms with Crippen LogP contribution in [0.25, 0.3) is 0 Å². The number of nitrogens with two attached hydrogens (primary N) is 1. The number of carbonyl (C=O) groups excluding carboxylic acids is 3. The Morgan fingerprint density at radius 1 is 1.23 bits per heavy atom. The van der Waals surface area contributed by atoms with Crippen LogP contribution in [0, 0.1) is 0 Å². The molecule has 140 valence electrons. The zero-order valence-electron chi connectivity index (χ0n) is 14.0. The maximum atomic E-state index is 12.2. The largest absolute Gasteiger partial charge is 0.508 e. The SMILES string of the molecule is CC(C)(S)[C@H](C(=O)O)N1C(=O)C(NC(=O)[C@H](N)c2ccc(O)cc2)C1=O. The molecule has 2 atom stereocenters. The number of nitrogens with zero attached hydrogens (tertiary/aromatic N) is 1. The number of rotatable bonds is 6. The highest BCUT2D eigenvalue weighted by Crippen LogP contribution is 2.29. The molecule has 1 aliphatic rings. The van der Waals surface area contributed by atoms with Gasteiger partial charge in [0.1, 0.15) is 11.8 Å². The van der Waals surface area contributed by atoms with Gasteiger partial charge < -0.3 is 21.3 Å². The summed E-state index contributed by atoms with van der Waals surface area (Å²) in [6.45, 7) is 2.92. The van der Waals surface area contributed by atoms with E-state index in [2.05, 4.69) is 17.9 Å². The van der Waals surface area contributed by atoms with Gasteiger partial charge in [-0.2, -0.15) is 12.6 Å². The standard InChI is InChI=1S/C16H19N3O6S/c1-16(2,26)11(15(24)25)19-13(22)10(14(19)23)18-12(21)9(17)7-3-5-8(20)6-4-7/h3-6,9-11,20,26H,17H2,1-2H3,(H,18,21)(H,24,25)/t9-,11+/m1/s1. The lowest BCUT2D eigenvalue weighted by molar-refractivity contribution is -0.173. The summed E-state index contributed by atoms with van der Waals surface area (Å²) in [4.78, 5) is 48.6. The van der Waals surface area contributed by atoms with E-state index in [1.807, 2.05) is 0 Å². The Hall–Kier alpha value is -2.59. The zero-order valence-corrected chi connectivity index (χ0v) is 14.9. The molecular weight excluding hydrogens is 362 g/mol. The summed E-state index contributed by atoms with van der Waals surface area (Å²) in [6, 6.07) is 1.43. The molecular formula is C16H19N3O6S. The lowest BCUT2D eigenvalue weighted by Gasteiger charge is -2.43. The molecule has 0 aliphatic carbocycles. The average Bonchev–Trinajstić information content (AvgIpc) is 2.55. The molecule has 0 bridgehead atoms. The molecule has 1 aromatic rings. The molecule has 1 aliphatic heterocycles. The van der Waals surface area contributed by atoms with Gasteiger partial charge in [0.05, 0.1) is 0 Å². The number of carboxylic acids is 1. The molecule has 1 saturated heterocycles. The molecule has 9 nitrogen and oxygen atoms in total. The predicted molar refractivity (Wildman–Crippen MR) is 93.3 cm³/mol. The Kier molecular flexibility index (Phi) is 5.28. The number of likely N-dealkylation sites (tertiary alicyclic amines) is 1. The molecule has 1 fully saturated rings. The fraction of sp³-hybridized carbons (Fsp3) is 0.375. The van der Waals surface area contributed by atoms with Gasteiger partial charge in [0.25, 0.3) is 11.8 Å². The second-order valence-electron chi connectivity index (χ2n) is 6.45. The van der Waals surface area contributed by atoms with Crippen molar-refractivity contribution in [3.63, 3.8) is 0 Å². The van der Waals surface area contributed by atoms with Crippen LogP contribution in [-0.2, 0) is 19.2 Å². The number of amides is 3. The van der Waals surface area contributed by atoms with Crippen LogP contribution in [0.5, 0.6) is 5.75 Å². The summed E-state index contributed by atoms with van der Waals surface area (Å²) >= 11 is 4.13. The highest BCUT2D eigenvalue weighted by molar-refractivity contribution is 7.81. The van der Waals surface area contributed by atoms with Crippen LogP contribution in [0.1, 0.15) is 25.5 Å². The lowest BCUT2D eigenvalue weighted by atomic mass is 9.94. The minimum atomic E-state index is -1.48. The summed E-state index contributed by atoms with van der Waals surface area (Å²) in [6.07, 6.45) is 0. The Labute approximate surface area is 154 Å². The molecule has 10 heteroatoms. The number of phenolic OH excluding ortho intramolecular Hbond substituents is 1. The number of nitrogens with one attached hydrogen (secondary N) is 1. The van der Waals surface area contributed by atoms with Crippen molar-refractivity contribution in [1.29, 1.82) is 0 Å². The fourth-order valence-corrected chi connectivity index (χ4v) is 2.82. The Morgan fingerprint density at radius 3 is 2.15 bits per heavy atom. The van der Waals surface area contributed by atoms with Crippen molar-refractivity contribution in [3.05, 3.63) is 29.8 Å². The predicted octanol–water partition coefficient (Wildman–Crippen LogP) is -0.593. The van der Waals surface area contributed by atoms with Crippen molar-refractivity contribution < 1.29 is 29.4 Å². The maximum absolute atomic E-state index is 12.2. The first-order valence-corrected chi connectivity index (χ1v) is 8.07. The second-order valence-corrected chi connectivity index (χ2v) is 7.60. The first kappa shape index (κ1) is 19.7. The first-order valence-electron chi connectivity index (χ1n) is 7.62. The molecule has 2 rings (SSSR count). The summed E-state index contributed by atoms with van der Waals surface area (Å²) < 4.78 is -1.17. The zero-order chi connectivity index (χ0) is 19.8. The first-order chi connectivity index (χ1) is 11.9. The average molecular weight is 381 g/mol. The number of carbonyl (C=O) groups is 4. The Morgan fingerprint density at radius 2 is 1.73 bits per heavy atom. The quantitative estimate of drug-likeness (QED) is 0.251. The number of hydrogen-bond donors (Lipinski definition) is 5. The smallest absolute Gasteiger partial charge is 0.328 e. The highest BCUT2D eigenvalue weighted by atomic mass is 32.1. The van der Waals surface area contributed by atoms with Crippen LogP contribution in [0.2, 0.25) is 0 Å². The van der Waals surface area contributed by atoms with Crippen molar-refractivity contribution in [1.82, 2.24) is 10.2 Å². The van der Waals surface area contributed by atoms with Crippen molar-refractivity contribution in [2.45, 2.75) is 36.7 Å². The minimum Gasteiger partial charge on any atom is -0.508 e. The highest BCUT2D eigenvalue weighted by Gasteiger charge is 2.56. The summed E-state index contributed by atoms with van der Waals surface area (Å²) in [5.74, 6) is -3.83. The van der Waals surface area contributed by atoms with E-state index < -0.39 is 46.6 Å². The van der Waals surface area contributed by atoms with Gasteiger partial charge in [-0.3, -0.25) is 19.3 Å². The molecule has 0 aromatic heterocycles. The van der Waals surface area contributed by atoms with Crippen molar-refractivity contribution in [2.24, 2.45) is 5.73 Å². The minimum absolute atomic E-state index is 0.00423. The van der Waals surface area contributed by atoms with E-state index >= 15 is 0 Å². The van der Waals surface area contributed by atoms with E-state index in [4.69, 9.17) is 5.73 Å². The molecule has 0 radical (unpaired) electrons. The van der Waals surface area contributed by atoms with Crippen LogP contribution >= 0.6 is 12.6 Å². The fourth-order valence-electron chi connectivity index (χ4n) is 2.60. The molecule has 0 saturated carbocycles. The molecule has 1 heterocycles. The molecule has 0 unspecified atom stereocenters. The van der Waals surface area contributed by atoms with Gasteiger partial charge in [-0.15, -0.1) is 0 Å². The van der Waals surface area contributed by atoms with Gasteiger partial charge in [0.15, 0.2) is 12.1 Å². The van der Waals surface area contributed by atoms with Crippen LogP contribution in [0.15, 0.2) is 24.3 Å². The molecule has 5 N–H and O–H groups in total. The van der Waals surface area contributed by atoms with Gasteiger partial charge in [0.2, 0.25) is 5.91 Å².